The molecule has 3 aromatic carbocycles. The van der Waals surface area contributed by atoms with E-state index in [9.17, 15) is 14.9 Å². The van der Waals surface area contributed by atoms with Crippen molar-refractivity contribution < 1.29 is 9.72 Å². The molecule has 0 bridgehead atoms. The van der Waals surface area contributed by atoms with Crippen molar-refractivity contribution in [3.63, 3.8) is 0 Å². The number of carbonyl (C=O) groups is 1. The lowest BCUT2D eigenvalue weighted by Gasteiger charge is -2.07. The monoisotopic (exact) mass is 432 g/mol. The summed E-state index contributed by atoms with van der Waals surface area (Å²) in [4.78, 5) is 22.5. The molecular weight excluding hydrogens is 416 g/mol. The molecule has 0 saturated carbocycles. The number of aromatic nitrogens is 1. The van der Waals surface area contributed by atoms with E-state index in [4.69, 9.17) is 11.6 Å². The van der Waals surface area contributed by atoms with Crippen molar-refractivity contribution in [1.29, 1.82) is 0 Å². The van der Waals surface area contributed by atoms with Gasteiger partial charge in [-0.05, 0) is 29.8 Å². The summed E-state index contributed by atoms with van der Waals surface area (Å²) in [6.45, 7) is 0.600. The third-order valence-electron chi connectivity index (χ3n) is 4.83. The van der Waals surface area contributed by atoms with Crippen molar-refractivity contribution in [3.8, 4) is 0 Å². The Labute approximate surface area is 182 Å². The molecule has 0 aliphatic heterocycles. The number of hydrogen-bond acceptors (Lipinski definition) is 4. The van der Waals surface area contributed by atoms with Crippen LogP contribution in [0.2, 0.25) is 5.02 Å². The molecule has 154 valence electrons. The highest BCUT2D eigenvalue weighted by atomic mass is 35.5. The first-order chi connectivity index (χ1) is 15.0. The van der Waals surface area contributed by atoms with Crippen LogP contribution in [0.5, 0.6) is 0 Å². The van der Waals surface area contributed by atoms with Crippen LogP contribution in [0.4, 0.5) is 5.69 Å². The molecule has 0 saturated heterocycles. The van der Waals surface area contributed by atoms with Gasteiger partial charge in [0.15, 0.2) is 0 Å². The zero-order valence-corrected chi connectivity index (χ0v) is 17.0. The molecular formula is C23H17ClN4O3. The van der Waals surface area contributed by atoms with Crippen LogP contribution in [0.15, 0.2) is 84.1 Å². The molecule has 4 rings (SSSR count). The summed E-state index contributed by atoms with van der Waals surface area (Å²) in [5, 5.41) is 16.5. The Morgan fingerprint density at radius 2 is 1.77 bits per heavy atom. The van der Waals surface area contributed by atoms with Gasteiger partial charge < -0.3 is 4.57 Å². The Morgan fingerprint density at radius 3 is 2.52 bits per heavy atom. The Hall–Kier alpha value is -3.97. The Morgan fingerprint density at radius 1 is 1.06 bits per heavy atom. The van der Waals surface area contributed by atoms with Crippen LogP contribution in [-0.2, 0) is 6.54 Å². The van der Waals surface area contributed by atoms with Gasteiger partial charge in [0.05, 0.1) is 11.1 Å². The summed E-state index contributed by atoms with van der Waals surface area (Å²) in [6.07, 6.45) is 3.53. The van der Waals surface area contributed by atoms with Crippen molar-refractivity contribution >= 4 is 40.3 Å². The van der Waals surface area contributed by atoms with Gasteiger partial charge in [0, 0.05) is 51.9 Å². The van der Waals surface area contributed by atoms with Crippen LogP contribution in [0.1, 0.15) is 21.5 Å². The Kier molecular flexibility index (Phi) is 5.77. The van der Waals surface area contributed by atoms with E-state index in [1.807, 2.05) is 54.7 Å². The van der Waals surface area contributed by atoms with Crippen molar-refractivity contribution in [2.24, 2.45) is 5.10 Å². The number of hydrogen-bond donors (Lipinski definition) is 1. The molecule has 0 unspecified atom stereocenters. The molecule has 0 atom stereocenters. The number of para-hydroxylation sites is 1. The number of rotatable bonds is 6. The van der Waals surface area contributed by atoms with Crippen LogP contribution >= 0.6 is 11.6 Å². The third kappa shape index (κ3) is 4.46. The lowest BCUT2D eigenvalue weighted by atomic mass is 10.2. The van der Waals surface area contributed by atoms with Gasteiger partial charge in [0.2, 0.25) is 0 Å². The maximum Gasteiger partial charge on any atom is 0.271 e. The molecule has 0 aliphatic carbocycles. The Bertz CT molecular complexity index is 1300. The summed E-state index contributed by atoms with van der Waals surface area (Å²) in [6, 6.07) is 20.9. The van der Waals surface area contributed by atoms with Crippen molar-refractivity contribution in [2.45, 2.75) is 6.54 Å². The third-order valence-corrected chi connectivity index (χ3v) is 5.20. The molecule has 8 heteroatoms. The summed E-state index contributed by atoms with van der Waals surface area (Å²) in [5.41, 5.74) is 5.52. The fourth-order valence-electron chi connectivity index (χ4n) is 3.28. The molecule has 1 N–H and O–H groups in total. The first kappa shape index (κ1) is 20.3. The van der Waals surface area contributed by atoms with E-state index in [-0.39, 0.29) is 11.3 Å². The molecule has 0 radical (unpaired) electrons. The predicted octanol–water partition coefficient (Wildman–Crippen LogP) is 5.02. The number of hydrazone groups is 1. The van der Waals surface area contributed by atoms with Crippen molar-refractivity contribution in [1.82, 2.24) is 9.99 Å². The van der Waals surface area contributed by atoms with Gasteiger partial charge in [-0.3, -0.25) is 14.9 Å². The highest BCUT2D eigenvalue weighted by Gasteiger charge is 2.10. The number of carbonyl (C=O) groups excluding carboxylic acids is 1. The zero-order valence-electron chi connectivity index (χ0n) is 16.2. The minimum Gasteiger partial charge on any atom is -0.342 e. The van der Waals surface area contributed by atoms with Gasteiger partial charge in [0.25, 0.3) is 11.6 Å². The molecule has 1 heterocycles. The van der Waals surface area contributed by atoms with Crippen LogP contribution in [-0.4, -0.2) is 21.6 Å². The average molecular weight is 433 g/mol. The van der Waals surface area contributed by atoms with E-state index < -0.39 is 10.8 Å². The second-order valence-electron chi connectivity index (χ2n) is 6.82. The normalized spacial score (nSPS) is 11.1. The number of nitrogens with one attached hydrogen (secondary N) is 1. The Balaban J connectivity index is 1.54. The highest BCUT2D eigenvalue weighted by molar-refractivity contribution is 6.31. The van der Waals surface area contributed by atoms with Crippen LogP contribution in [0.3, 0.4) is 0 Å². The van der Waals surface area contributed by atoms with Crippen LogP contribution in [0, 0.1) is 10.1 Å². The summed E-state index contributed by atoms with van der Waals surface area (Å²) in [7, 11) is 0. The van der Waals surface area contributed by atoms with Gasteiger partial charge in [-0.25, -0.2) is 5.43 Å². The molecule has 4 aromatic rings. The number of non-ortho nitro benzene ring substituents is 1. The minimum absolute atomic E-state index is 0.0774. The fourth-order valence-corrected chi connectivity index (χ4v) is 3.47. The van der Waals surface area contributed by atoms with Gasteiger partial charge in [-0.1, -0.05) is 48.0 Å². The van der Waals surface area contributed by atoms with Crippen molar-refractivity contribution in [3.05, 3.63) is 111 Å². The van der Waals surface area contributed by atoms with E-state index in [1.54, 1.807) is 6.21 Å². The minimum atomic E-state index is -0.516. The number of benzene rings is 3. The van der Waals surface area contributed by atoms with Gasteiger partial charge in [-0.15, -0.1) is 0 Å². The number of fused-ring (bicyclic) bond motifs is 1. The maximum absolute atomic E-state index is 12.2. The standard InChI is InChI=1S/C23H17ClN4O3/c24-21-7-3-1-5-17(21)14-27-15-18(20-6-2-4-8-22(20)27)13-25-26-23(29)16-9-11-19(12-10-16)28(30)31/h1-13,15H,14H2,(H,26,29). The smallest absolute Gasteiger partial charge is 0.271 e. The number of nitro benzene ring substituents is 1. The largest absolute Gasteiger partial charge is 0.342 e. The highest BCUT2D eigenvalue weighted by Crippen LogP contribution is 2.23. The maximum atomic E-state index is 12.2. The number of nitrogens with zero attached hydrogens (tertiary/aromatic N) is 3. The zero-order chi connectivity index (χ0) is 21.8. The van der Waals surface area contributed by atoms with Gasteiger partial charge in [-0.2, -0.15) is 5.10 Å². The van der Waals surface area contributed by atoms with Gasteiger partial charge >= 0.3 is 0 Å². The molecule has 0 fully saturated rings. The van der Waals surface area contributed by atoms with E-state index in [1.165, 1.54) is 24.3 Å². The molecule has 7 nitrogen and oxygen atoms in total. The SMILES string of the molecule is O=C(NN=Cc1cn(Cc2ccccc2Cl)c2ccccc12)c1ccc([N+](=O)[O-])cc1. The van der Waals surface area contributed by atoms with Gasteiger partial charge in [0.1, 0.15) is 0 Å². The topological polar surface area (TPSA) is 89.5 Å². The number of amides is 1. The quantitative estimate of drug-likeness (QED) is 0.263. The average Bonchev–Trinajstić information content (AvgIpc) is 3.13. The summed E-state index contributed by atoms with van der Waals surface area (Å²) in [5.74, 6) is -0.453. The molecule has 0 aliphatic rings. The first-order valence-electron chi connectivity index (χ1n) is 9.42. The lowest BCUT2D eigenvalue weighted by molar-refractivity contribution is -0.384. The number of halogens is 1. The van der Waals surface area contributed by atoms with E-state index in [0.717, 1.165) is 22.0 Å². The van der Waals surface area contributed by atoms with Crippen LogP contribution < -0.4 is 5.43 Å². The molecule has 1 aromatic heterocycles. The molecule has 0 spiro atoms. The van der Waals surface area contributed by atoms with E-state index >= 15 is 0 Å². The van der Waals surface area contributed by atoms with Crippen LogP contribution in [0.25, 0.3) is 10.9 Å². The predicted molar refractivity (Wildman–Crippen MR) is 121 cm³/mol. The van der Waals surface area contributed by atoms with E-state index in [0.29, 0.717) is 11.6 Å². The fraction of sp³-hybridized carbons (Fsp3) is 0.0435. The second kappa shape index (κ2) is 8.81. The summed E-state index contributed by atoms with van der Waals surface area (Å²) >= 11 is 6.31. The summed E-state index contributed by atoms with van der Waals surface area (Å²) < 4.78 is 2.08. The molecule has 1 amide bonds. The van der Waals surface area contributed by atoms with E-state index in [2.05, 4.69) is 15.1 Å². The van der Waals surface area contributed by atoms with Crippen molar-refractivity contribution in [2.75, 3.05) is 0 Å². The lowest BCUT2D eigenvalue weighted by Crippen LogP contribution is -2.17. The first-order valence-corrected chi connectivity index (χ1v) is 9.80. The second-order valence-corrected chi connectivity index (χ2v) is 7.23. The molecule has 31 heavy (non-hydrogen) atoms. The number of nitro groups is 1.